The lowest BCUT2D eigenvalue weighted by Crippen LogP contribution is -2.31. The number of halogens is 2. The molecule has 0 bridgehead atoms. The summed E-state index contributed by atoms with van der Waals surface area (Å²) in [6, 6.07) is 15.6. The van der Waals surface area contributed by atoms with Gasteiger partial charge in [-0.05, 0) is 42.4 Å². The molecule has 134 valence electrons. The number of nitrogens with zero attached hydrogens (tertiary/aromatic N) is 3. The number of anilines is 1. The first-order chi connectivity index (χ1) is 12.5. The van der Waals surface area contributed by atoms with E-state index in [1.807, 2.05) is 49.4 Å². The van der Waals surface area contributed by atoms with Crippen molar-refractivity contribution in [1.29, 1.82) is 0 Å². The van der Waals surface area contributed by atoms with Crippen molar-refractivity contribution in [2.24, 2.45) is 0 Å². The highest BCUT2D eigenvalue weighted by molar-refractivity contribution is 7.80. The Morgan fingerprint density at radius 3 is 2.65 bits per heavy atom. The molecule has 0 radical (unpaired) electrons. The average molecular weight is 406 g/mol. The maximum absolute atomic E-state index is 6.04. The normalized spacial score (nSPS) is 11.8. The molecule has 0 amide bonds. The van der Waals surface area contributed by atoms with Gasteiger partial charge in [-0.15, -0.1) is 5.10 Å². The zero-order valence-corrected chi connectivity index (χ0v) is 16.3. The Morgan fingerprint density at radius 1 is 1.15 bits per heavy atom. The summed E-state index contributed by atoms with van der Waals surface area (Å²) in [6.07, 6.45) is 1.63. The lowest BCUT2D eigenvalue weighted by molar-refractivity contribution is 0.686. The van der Waals surface area contributed by atoms with E-state index in [1.165, 1.54) is 0 Å². The van der Waals surface area contributed by atoms with E-state index in [-0.39, 0.29) is 6.04 Å². The van der Waals surface area contributed by atoms with Crippen LogP contribution in [0.5, 0.6) is 0 Å². The molecule has 2 aromatic carbocycles. The van der Waals surface area contributed by atoms with Crippen molar-refractivity contribution in [2.45, 2.75) is 19.5 Å². The minimum Gasteiger partial charge on any atom is -0.356 e. The van der Waals surface area contributed by atoms with Crippen molar-refractivity contribution < 1.29 is 0 Å². The molecule has 0 saturated carbocycles. The van der Waals surface area contributed by atoms with Crippen LogP contribution in [0, 0.1) is 0 Å². The summed E-state index contributed by atoms with van der Waals surface area (Å²) in [5.41, 5.74) is 2.13. The molecular weight excluding hydrogens is 389 g/mol. The molecule has 3 aromatic rings. The van der Waals surface area contributed by atoms with Gasteiger partial charge in [0.1, 0.15) is 6.33 Å². The maximum Gasteiger partial charge on any atom is 0.248 e. The fraction of sp³-hybridized carbons (Fsp3) is 0.167. The Labute approximate surface area is 167 Å². The lowest BCUT2D eigenvalue weighted by atomic mass is 10.1. The second kappa shape index (κ2) is 8.49. The Kier molecular flexibility index (Phi) is 6.08. The number of rotatable bonds is 5. The van der Waals surface area contributed by atoms with Gasteiger partial charge < -0.3 is 5.32 Å². The van der Waals surface area contributed by atoms with Crippen LogP contribution >= 0.6 is 35.4 Å². The van der Waals surface area contributed by atoms with Crippen molar-refractivity contribution in [2.75, 3.05) is 5.32 Å². The van der Waals surface area contributed by atoms with Gasteiger partial charge in [-0.2, -0.15) is 0 Å². The van der Waals surface area contributed by atoms with E-state index in [4.69, 9.17) is 35.4 Å². The van der Waals surface area contributed by atoms with Crippen LogP contribution in [0.2, 0.25) is 10.0 Å². The van der Waals surface area contributed by atoms with Crippen LogP contribution in [-0.4, -0.2) is 19.9 Å². The molecule has 0 aliphatic heterocycles. The molecule has 1 heterocycles. The highest BCUT2D eigenvalue weighted by Gasteiger charge is 2.09. The van der Waals surface area contributed by atoms with E-state index in [2.05, 4.69) is 20.7 Å². The summed E-state index contributed by atoms with van der Waals surface area (Å²) in [5, 5.41) is 12.1. The van der Waals surface area contributed by atoms with Gasteiger partial charge in [0.25, 0.3) is 0 Å². The molecule has 0 spiro atoms. The highest BCUT2D eigenvalue weighted by atomic mass is 35.5. The monoisotopic (exact) mass is 405 g/mol. The predicted molar refractivity (Wildman–Crippen MR) is 110 cm³/mol. The van der Waals surface area contributed by atoms with E-state index >= 15 is 0 Å². The number of aromatic nitrogens is 3. The van der Waals surface area contributed by atoms with Crippen molar-refractivity contribution in [3.8, 4) is 0 Å². The van der Waals surface area contributed by atoms with Crippen molar-refractivity contribution in [3.63, 3.8) is 0 Å². The van der Waals surface area contributed by atoms with Gasteiger partial charge in [0.2, 0.25) is 5.95 Å². The molecule has 0 aliphatic carbocycles. The third-order valence-corrected chi connectivity index (χ3v) is 4.70. The number of hydrogen-bond acceptors (Lipinski definition) is 3. The lowest BCUT2D eigenvalue weighted by Gasteiger charge is -2.16. The topological polar surface area (TPSA) is 54.8 Å². The average Bonchev–Trinajstić information content (AvgIpc) is 3.05. The number of benzene rings is 2. The van der Waals surface area contributed by atoms with Crippen LogP contribution in [0.4, 0.5) is 5.95 Å². The van der Waals surface area contributed by atoms with Gasteiger partial charge in [-0.25, -0.2) is 9.67 Å². The SMILES string of the molecule is CC(NC(=S)Nc1ncn(Cc2ccc(Cl)c(Cl)c2)n1)c1ccccc1. The number of thiocarbonyl (C=S) groups is 1. The Hall–Kier alpha value is -2.15. The molecule has 2 N–H and O–H groups in total. The third kappa shape index (κ3) is 4.94. The smallest absolute Gasteiger partial charge is 0.248 e. The first-order valence-electron chi connectivity index (χ1n) is 7.97. The maximum atomic E-state index is 6.04. The largest absolute Gasteiger partial charge is 0.356 e. The minimum absolute atomic E-state index is 0.0782. The fourth-order valence-corrected chi connectivity index (χ4v) is 3.00. The quantitative estimate of drug-likeness (QED) is 0.603. The van der Waals surface area contributed by atoms with Gasteiger partial charge in [0, 0.05) is 0 Å². The molecule has 26 heavy (non-hydrogen) atoms. The fourth-order valence-electron chi connectivity index (χ4n) is 2.41. The minimum atomic E-state index is 0.0782. The van der Waals surface area contributed by atoms with Crippen molar-refractivity contribution >= 4 is 46.5 Å². The van der Waals surface area contributed by atoms with E-state index in [0.29, 0.717) is 27.7 Å². The first kappa shape index (κ1) is 18.6. The molecule has 8 heteroatoms. The van der Waals surface area contributed by atoms with E-state index in [0.717, 1.165) is 11.1 Å². The second-order valence-corrected chi connectivity index (χ2v) is 6.97. The highest BCUT2D eigenvalue weighted by Crippen LogP contribution is 2.22. The van der Waals surface area contributed by atoms with Crippen LogP contribution in [0.1, 0.15) is 24.1 Å². The Bertz CT molecular complexity index is 898. The number of hydrogen-bond donors (Lipinski definition) is 2. The van der Waals surface area contributed by atoms with Gasteiger partial charge in [0.15, 0.2) is 5.11 Å². The molecule has 1 atom stereocenters. The van der Waals surface area contributed by atoms with Gasteiger partial charge in [-0.1, -0.05) is 59.6 Å². The molecule has 0 fully saturated rings. The molecule has 0 aliphatic rings. The molecule has 5 nitrogen and oxygen atoms in total. The molecular formula is C18H17Cl2N5S. The van der Waals surface area contributed by atoms with Gasteiger partial charge in [-0.3, -0.25) is 5.32 Å². The van der Waals surface area contributed by atoms with Gasteiger partial charge in [0.05, 0.1) is 22.6 Å². The zero-order chi connectivity index (χ0) is 18.5. The summed E-state index contributed by atoms with van der Waals surface area (Å²) in [4.78, 5) is 4.23. The molecule has 1 aromatic heterocycles. The standard InChI is InChI=1S/C18H17Cl2N5S/c1-12(14-5-3-2-4-6-14)22-18(26)23-17-21-11-25(24-17)10-13-7-8-15(19)16(20)9-13/h2-9,11-12H,10H2,1H3,(H2,22,23,24,26). The summed E-state index contributed by atoms with van der Waals surface area (Å²) in [5.74, 6) is 0.433. The predicted octanol–water partition coefficient (Wildman–Crippen LogP) is 4.68. The van der Waals surface area contributed by atoms with Gasteiger partial charge >= 0.3 is 0 Å². The first-order valence-corrected chi connectivity index (χ1v) is 9.13. The summed E-state index contributed by atoms with van der Waals surface area (Å²) in [7, 11) is 0. The van der Waals surface area contributed by atoms with Crippen LogP contribution < -0.4 is 10.6 Å². The van der Waals surface area contributed by atoms with Crippen LogP contribution in [0.3, 0.4) is 0 Å². The molecule has 1 unspecified atom stereocenters. The Morgan fingerprint density at radius 2 is 1.92 bits per heavy atom. The molecule has 3 rings (SSSR count). The summed E-state index contributed by atoms with van der Waals surface area (Å²) >= 11 is 17.3. The van der Waals surface area contributed by atoms with Crippen LogP contribution in [0.25, 0.3) is 0 Å². The van der Waals surface area contributed by atoms with Crippen LogP contribution in [0.15, 0.2) is 54.9 Å². The second-order valence-electron chi connectivity index (χ2n) is 5.75. The van der Waals surface area contributed by atoms with E-state index in [1.54, 1.807) is 17.1 Å². The van der Waals surface area contributed by atoms with Crippen molar-refractivity contribution in [3.05, 3.63) is 76.0 Å². The third-order valence-electron chi connectivity index (χ3n) is 3.74. The van der Waals surface area contributed by atoms with E-state index in [9.17, 15) is 0 Å². The van der Waals surface area contributed by atoms with Crippen LogP contribution in [-0.2, 0) is 6.54 Å². The van der Waals surface area contributed by atoms with E-state index < -0.39 is 0 Å². The molecule has 0 saturated heterocycles. The summed E-state index contributed by atoms with van der Waals surface area (Å²) < 4.78 is 1.70. The van der Waals surface area contributed by atoms with Crippen molar-refractivity contribution in [1.82, 2.24) is 20.1 Å². The zero-order valence-electron chi connectivity index (χ0n) is 14.0. The Balaban J connectivity index is 1.57. The summed E-state index contributed by atoms with van der Waals surface area (Å²) in [6.45, 7) is 2.58. The number of nitrogens with one attached hydrogen (secondary N) is 2.